The molecule has 0 saturated carbocycles. The number of nitrogens with zero attached hydrogens (tertiary/aromatic N) is 1. The number of benzene rings is 1. The van der Waals surface area contributed by atoms with E-state index in [0.29, 0.717) is 16.6 Å². The van der Waals surface area contributed by atoms with E-state index in [1.54, 1.807) is 17.4 Å². The monoisotopic (exact) mass is 272 g/mol. The Hall–Kier alpha value is -0.770. The van der Waals surface area contributed by atoms with E-state index in [9.17, 15) is 0 Å². The Labute approximate surface area is 108 Å². The molecule has 1 heterocycles. The Morgan fingerprint density at radius 2 is 1.94 bits per heavy atom. The van der Waals surface area contributed by atoms with Crippen molar-refractivity contribution in [1.82, 2.24) is 4.98 Å². The summed E-state index contributed by atoms with van der Waals surface area (Å²) in [6, 6.07) is 5.50. The van der Waals surface area contributed by atoms with Crippen molar-refractivity contribution in [1.29, 1.82) is 0 Å². The van der Waals surface area contributed by atoms with Crippen LogP contribution in [0.25, 0.3) is 0 Å². The van der Waals surface area contributed by atoms with Gasteiger partial charge in [-0.25, -0.2) is 4.98 Å². The lowest BCUT2D eigenvalue weighted by Gasteiger charge is -2.04. The molecule has 1 N–H and O–H groups in total. The van der Waals surface area contributed by atoms with Gasteiger partial charge in [-0.15, -0.1) is 11.3 Å². The predicted molar refractivity (Wildman–Crippen MR) is 70.6 cm³/mol. The van der Waals surface area contributed by atoms with Crippen LogP contribution in [0.2, 0.25) is 10.0 Å². The summed E-state index contributed by atoms with van der Waals surface area (Å²) in [5, 5.41) is 5.44. The first-order valence-corrected chi connectivity index (χ1v) is 6.32. The number of aryl methyl sites for hydroxylation is 1. The lowest BCUT2D eigenvalue weighted by Crippen LogP contribution is -1.98. The van der Waals surface area contributed by atoms with E-state index in [2.05, 4.69) is 10.3 Å². The lowest BCUT2D eigenvalue weighted by molar-refractivity contribution is 1.13. The van der Waals surface area contributed by atoms with Gasteiger partial charge in [-0.1, -0.05) is 23.2 Å². The number of thiazole rings is 1. The number of halogens is 2. The number of rotatable bonds is 3. The molecule has 0 bridgehead atoms. The van der Waals surface area contributed by atoms with Crippen LogP contribution in [0.15, 0.2) is 24.4 Å². The molecule has 0 radical (unpaired) electrons. The topological polar surface area (TPSA) is 24.9 Å². The number of aromatic nitrogens is 1. The van der Waals surface area contributed by atoms with Gasteiger partial charge in [0.15, 0.2) is 5.13 Å². The van der Waals surface area contributed by atoms with Gasteiger partial charge in [0.2, 0.25) is 0 Å². The molecule has 1 aromatic carbocycles. The Kier molecular flexibility index (Phi) is 3.69. The minimum absolute atomic E-state index is 0.652. The van der Waals surface area contributed by atoms with Crippen LogP contribution in [0.3, 0.4) is 0 Å². The largest absolute Gasteiger partial charge is 0.357 e. The van der Waals surface area contributed by atoms with Crippen LogP contribution >= 0.6 is 34.5 Å². The summed E-state index contributed by atoms with van der Waals surface area (Å²) in [5.74, 6) is 0. The molecule has 0 saturated heterocycles. The van der Waals surface area contributed by atoms with Crippen molar-refractivity contribution < 1.29 is 0 Å². The van der Waals surface area contributed by atoms with Gasteiger partial charge in [0.05, 0.1) is 0 Å². The van der Waals surface area contributed by atoms with Gasteiger partial charge in [0.1, 0.15) is 0 Å². The molecule has 84 valence electrons. The number of anilines is 1. The third-order valence-electron chi connectivity index (χ3n) is 1.99. The Morgan fingerprint density at radius 3 is 2.50 bits per heavy atom. The van der Waals surface area contributed by atoms with Gasteiger partial charge >= 0.3 is 0 Å². The molecule has 1 aromatic heterocycles. The second kappa shape index (κ2) is 5.04. The maximum atomic E-state index is 5.91. The third-order valence-corrected chi connectivity index (χ3v) is 3.29. The molecule has 0 atom stereocenters. The fourth-order valence-electron chi connectivity index (χ4n) is 1.33. The van der Waals surface area contributed by atoms with Crippen LogP contribution in [0, 0.1) is 6.92 Å². The number of nitrogens with one attached hydrogen (secondary N) is 1. The molecule has 0 aliphatic rings. The summed E-state index contributed by atoms with van der Waals surface area (Å²) in [4.78, 5) is 5.40. The summed E-state index contributed by atoms with van der Waals surface area (Å²) < 4.78 is 0. The molecule has 0 unspecified atom stereocenters. The summed E-state index contributed by atoms with van der Waals surface area (Å²) >= 11 is 13.4. The zero-order chi connectivity index (χ0) is 11.5. The van der Waals surface area contributed by atoms with Gasteiger partial charge in [-0.2, -0.15) is 0 Å². The molecule has 16 heavy (non-hydrogen) atoms. The first kappa shape index (κ1) is 11.7. The Balaban J connectivity index is 2.04. The van der Waals surface area contributed by atoms with Crippen molar-refractivity contribution in [3.8, 4) is 0 Å². The summed E-state index contributed by atoms with van der Waals surface area (Å²) in [6.07, 6.45) is 1.85. The number of hydrogen-bond acceptors (Lipinski definition) is 3. The molecule has 0 aliphatic heterocycles. The lowest BCUT2D eigenvalue weighted by atomic mass is 10.2. The second-order valence-electron chi connectivity index (χ2n) is 3.41. The van der Waals surface area contributed by atoms with Crippen LogP contribution in [0.1, 0.15) is 10.4 Å². The smallest absolute Gasteiger partial charge is 0.183 e. The van der Waals surface area contributed by atoms with Crippen molar-refractivity contribution in [2.24, 2.45) is 0 Å². The van der Waals surface area contributed by atoms with E-state index in [-0.39, 0.29) is 0 Å². The first-order chi connectivity index (χ1) is 7.63. The Morgan fingerprint density at radius 1 is 1.25 bits per heavy atom. The fourth-order valence-corrected chi connectivity index (χ4v) is 2.56. The van der Waals surface area contributed by atoms with Crippen LogP contribution in [-0.4, -0.2) is 4.98 Å². The molecule has 0 amide bonds. The zero-order valence-electron chi connectivity index (χ0n) is 8.63. The Bertz CT molecular complexity index is 476. The molecule has 2 nitrogen and oxygen atoms in total. The van der Waals surface area contributed by atoms with Crippen LogP contribution in [-0.2, 0) is 6.54 Å². The van der Waals surface area contributed by atoms with E-state index in [4.69, 9.17) is 23.2 Å². The van der Waals surface area contributed by atoms with Crippen molar-refractivity contribution in [3.05, 3.63) is 44.9 Å². The molecule has 0 fully saturated rings. The van der Waals surface area contributed by atoms with Gasteiger partial charge in [-0.3, -0.25) is 0 Å². The minimum Gasteiger partial charge on any atom is -0.357 e. The number of hydrogen-bond donors (Lipinski definition) is 1. The van der Waals surface area contributed by atoms with E-state index >= 15 is 0 Å². The molecular formula is C11H10Cl2N2S. The quantitative estimate of drug-likeness (QED) is 0.898. The average molecular weight is 273 g/mol. The van der Waals surface area contributed by atoms with E-state index in [0.717, 1.165) is 10.7 Å². The van der Waals surface area contributed by atoms with Crippen molar-refractivity contribution in [2.45, 2.75) is 13.5 Å². The maximum absolute atomic E-state index is 5.91. The highest BCUT2D eigenvalue weighted by atomic mass is 35.5. The van der Waals surface area contributed by atoms with Gasteiger partial charge < -0.3 is 5.32 Å². The molecule has 2 rings (SSSR count). The SMILES string of the molecule is Cc1cnc(NCc2cc(Cl)cc(Cl)c2)s1. The summed E-state index contributed by atoms with van der Waals surface area (Å²) in [7, 11) is 0. The van der Waals surface area contributed by atoms with Gasteiger partial charge in [-0.05, 0) is 30.7 Å². The minimum atomic E-state index is 0.652. The zero-order valence-corrected chi connectivity index (χ0v) is 11.0. The van der Waals surface area contributed by atoms with E-state index in [1.165, 1.54) is 4.88 Å². The normalized spacial score (nSPS) is 10.4. The van der Waals surface area contributed by atoms with Crippen LogP contribution in [0.4, 0.5) is 5.13 Å². The highest BCUT2D eigenvalue weighted by Crippen LogP contribution is 2.21. The van der Waals surface area contributed by atoms with Crippen molar-refractivity contribution >= 4 is 39.7 Å². The maximum Gasteiger partial charge on any atom is 0.183 e. The van der Waals surface area contributed by atoms with E-state index < -0.39 is 0 Å². The fraction of sp³-hybridized carbons (Fsp3) is 0.182. The van der Waals surface area contributed by atoms with Gasteiger partial charge in [0.25, 0.3) is 0 Å². The highest BCUT2D eigenvalue weighted by molar-refractivity contribution is 7.15. The standard InChI is InChI=1S/C11H10Cl2N2S/c1-7-5-14-11(16-7)15-6-8-2-9(12)4-10(13)3-8/h2-5H,6H2,1H3,(H,14,15). The van der Waals surface area contributed by atoms with Crippen molar-refractivity contribution in [3.63, 3.8) is 0 Å². The molecule has 5 heteroatoms. The molecule has 2 aromatic rings. The van der Waals surface area contributed by atoms with E-state index in [1.807, 2.05) is 25.3 Å². The third kappa shape index (κ3) is 3.11. The average Bonchev–Trinajstić information content (AvgIpc) is 2.60. The van der Waals surface area contributed by atoms with Crippen LogP contribution in [0.5, 0.6) is 0 Å². The van der Waals surface area contributed by atoms with Gasteiger partial charge in [0, 0.05) is 27.7 Å². The highest BCUT2D eigenvalue weighted by Gasteiger charge is 2.00. The van der Waals surface area contributed by atoms with Crippen LogP contribution < -0.4 is 5.32 Å². The summed E-state index contributed by atoms with van der Waals surface area (Å²) in [6.45, 7) is 2.70. The molecule has 0 spiro atoms. The predicted octanol–water partition coefficient (Wildman–Crippen LogP) is 4.37. The summed E-state index contributed by atoms with van der Waals surface area (Å²) in [5.41, 5.74) is 1.05. The second-order valence-corrected chi connectivity index (χ2v) is 5.51. The first-order valence-electron chi connectivity index (χ1n) is 4.75. The van der Waals surface area contributed by atoms with Crippen molar-refractivity contribution in [2.75, 3.05) is 5.32 Å². The molecule has 0 aliphatic carbocycles. The molecular weight excluding hydrogens is 263 g/mol.